The van der Waals surface area contributed by atoms with Crippen LogP contribution < -0.4 is 5.73 Å². The Morgan fingerprint density at radius 3 is 2.58 bits per heavy atom. The fraction of sp³-hybridized carbons (Fsp3) is 0.308. The van der Waals surface area contributed by atoms with E-state index in [0.717, 1.165) is 17.0 Å². The first-order valence-corrected chi connectivity index (χ1v) is 5.82. The second-order valence-corrected chi connectivity index (χ2v) is 4.34. The second-order valence-electron chi connectivity index (χ2n) is 4.34. The summed E-state index contributed by atoms with van der Waals surface area (Å²) in [5.74, 6) is -0.0604. The highest BCUT2D eigenvalue weighted by Gasteiger charge is 2.19. The third-order valence-electron chi connectivity index (χ3n) is 3.15. The number of pyridine rings is 1. The van der Waals surface area contributed by atoms with Crippen molar-refractivity contribution in [2.45, 2.75) is 20.8 Å². The Kier molecular flexibility index (Phi) is 3.25. The predicted molar refractivity (Wildman–Crippen MR) is 71.3 cm³/mol. The van der Waals surface area contributed by atoms with Crippen LogP contribution in [0.2, 0.25) is 0 Å². The molecule has 2 aromatic heterocycles. The molecule has 0 saturated heterocycles. The minimum Gasteiger partial charge on any atom is -0.465 e. The molecule has 2 N–H and O–H groups in total. The van der Waals surface area contributed by atoms with Gasteiger partial charge in [0.25, 0.3) is 0 Å². The van der Waals surface area contributed by atoms with E-state index in [4.69, 9.17) is 10.5 Å². The van der Waals surface area contributed by atoms with Crippen molar-refractivity contribution in [1.82, 2.24) is 14.8 Å². The van der Waals surface area contributed by atoms with Gasteiger partial charge in [-0.25, -0.2) is 14.5 Å². The van der Waals surface area contributed by atoms with Crippen molar-refractivity contribution < 1.29 is 9.53 Å². The maximum absolute atomic E-state index is 11.8. The number of aryl methyl sites for hydroxylation is 1. The van der Waals surface area contributed by atoms with Gasteiger partial charge in [-0.05, 0) is 32.4 Å². The summed E-state index contributed by atoms with van der Waals surface area (Å²) in [5, 5.41) is 4.39. The lowest BCUT2D eigenvalue weighted by atomic mass is 10.2. The minimum absolute atomic E-state index is 0.299. The highest BCUT2D eigenvalue weighted by atomic mass is 16.5. The Bertz CT molecular complexity index is 646. The molecule has 2 rings (SSSR count). The highest BCUT2D eigenvalue weighted by molar-refractivity contribution is 5.93. The summed E-state index contributed by atoms with van der Waals surface area (Å²) in [6.45, 7) is 5.81. The standard InChI is InChI=1S/C13H16N4O2/c1-7-8(2)16-17(9(7)3)12-11(13(18)19-4)5-10(14)6-15-12/h5-6H,14H2,1-4H3. The van der Waals surface area contributed by atoms with Gasteiger partial charge < -0.3 is 10.5 Å². The average molecular weight is 260 g/mol. The van der Waals surface area contributed by atoms with E-state index in [-0.39, 0.29) is 0 Å². The topological polar surface area (TPSA) is 83.0 Å². The molecule has 0 fully saturated rings. The van der Waals surface area contributed by atoms with Crippen LogP contribution in [0.5, 0.6) is 0 Å². The normalized spacial score (nSPS) is 10.5. The number of anilines is 1. The number of ether oxygens (including phenoxy) is 1. The number of methoxy groups -OCH3 is 1. The monoisotopic (exact) mass is 260 g/mol. The van der Waals surface area contributed by atoms with E-state index >= 15 is 0 Å². The van der Waals surface area contributed by atoms with Gasteiger partial charge in [0.2, 0.25) is 0 Å². The number of carbonyl (C=O) groups excluding carboxylic acids is 1. The second kappa shape index (κ2) is 4.72. The molecular formula is C13H16N4O2. The maximum Gasteiger partial charge on any atom is 0.341 e. The lowest BCUT2D eigenvalue weighted by Crippen LogP contribution is -2.12. The Labute approximate surface area is 111 Å². The molecule has 0 spiro atoms. The van der Waals surface area contributed by atoms with Gasteiger partial charge in [-0.2, -0.15) is 5.10 Å². The molecule has 0 atom stereocenters. The van der Waals surface area contributed by atoms with E-state index in [9.17, 15) is 4.79 Å². The van der Waals surface area contributed by atoms with Crippen LogP contribution in [0.3, 0.4) is 0 Å². The van der Waals surface area contributed by atoms with E-state index in [0.29, 0.717) is 17.1 Å². The number of hydrogen-bond donors (Lipinski definition) is 1. The Morgan fingerprint density at radius 2 is 2.05 bits per heavy atom. The zero-order chi connectivity index (χ0) is 14.2. The first-order valence-electron chi connectivity index (χ1n) is 5.82. The Morgan fingerprint density at radius 1 is 1.37 bits per heavy atom. The molecule has 6 nitrogen and oxygen atoms in total. The van der Waals surface area contributed by atoms with Crippen LogP contribution in [-0.4, -0.2) is 27.8 Å². The van der Waals surface area contributed by atoms with Gasteiger partial charge in [0, 0.05) is 5.69 Å². The Hall–Kier alpha value is -2.37. The molecule has 2 aromatic rings. The van der Waals surface area contributed by atoms with Crippen LogP contribution in [-0.2, 0) is 4.74 Å². The van der Waals surface area contributed by atoms with Crippen LogP contribution >= 0.6 is 0 Å². The number of carbonyl (C=O) groups is 1. The van der Waals surface area contributed by atoms with Crippen molar-refractivity contribution in [2.75, 3.05) is 12.8 Å². The molecule has 0 amide bonds. The van der Waals surface area contributed by atoms with Gasteiger partial charge >= 0.3 is 5.97 Å². The summed E-state index contributed by atoms with van der Waals surface area (Å²) in [4.78, 5) is 16.0. The van der Waals surface area contributed by atoms with E-state index in [2.05, 4.69) is 10.1 Å². The first kappa shape index (κ1) is 13.1. The summed E-state index contributed by atoms with van der Waals surface area (Å²) in [6, 6.07) is 1.54. The molecule has 19 heavy (non-hydrogen) atoms. The van der Waals surface area contributed by atoms with Crippen LogP contribution in [0, 0.1) is 20.8 Å². The fourth-order valence-electron chi connectivity index (χ4n) is 1.83. The summed E-state index contributed by atoms with van der Waals surface area (Å²) in [5.41, 5.74) is 9.27. The third-order valence-corrected chi connectivity index (χ3v) is 3.15. The van der Waals surface area contributed by atoms with Gasteiger partial charge in [-0.1, -0.05) is 0 Å². The highest BCUT2D eigenvalue weighted by Crippen LogP contribution is 2.20. The van der Waals surface area contributed by atoms with Crippen molar-refractivity contribution in [3.05, 3.63) is 34.8 Å². The number of nitrogens with two attached hydrogens (primary N) is 1. The smallest absolute Gasteiger partial charge is 0.341 e. The zero-order valence-corrected chi connectivity index (χ0v) is 11.4. The molecule has 0 aliphatic rings. The summed E-state index contributed by atoms with van der Waals surface area (Å²) in [7, 11) is 1.32. The molecule has 2 heterocycles. The van der Waals surface area contributed by atoms with Gasteiger partial charge in [-0.3, -0.25) is 0 Å². The van der Waals surface area contributed by atoms with E-state index in [1.54, 1.807) is 10.7 Å². The summed E-state index contributed by atoms with van der Waals surface area (Å²) >= 11 is 0. The molecule has 0 aromatic carbocycles. The molecular weight excluding hydrogens is 244 g/mol. The van der Waals surface area contributed by atoms with Gasteiger partial charge in [0.1, 0.15) is 5.56 Å². The number of nitrogen functional groups attached to an aromatic ring is 1. The van der Waals surface area contributed by atoms with Crippen molar-refractivity contribution in [3.63, 3.8) is 0 Å². The summed E-state index contributed by atoms with van der Waals surface area (Å²) in [6.07, 6.45) is 1.49. The van der Waals surface area contributed by atoms with Crippen molar-refractivity contribution in [2.24, 2.45) is 0 Å². The number of esters is 1. The SMILES string of the molecule is COC(=O)c1cc(N)cnc1-n1nc(C)c(C)c1C. The molecule has 0 radical (unpaired) electrons. The largest absolute Gasteiger partial charge is 0.465 e. The molecule has 0 bridgehead atoms. The van der Waals surface area contributed by atoms with Gasteiger partial charge in [-0.15, -0.1) is 0 Å². The third kappa shape index (κ3) is 2.16. The van der Waals surface area contributed by atoms with E-state index in [1.165, 1.54) is 13.3 Å². The van der Waals surface area contributed by atoms with Crippen LogP contribution in [0.15, 0.2) is 12.3 Å². The summed E-state index contributed by atoms with van der Waals surface area (Å²) < 4.78 is 6.39. The number of rotatable bonds is 2. The quantitative estimate of drug-likeness (QED) is 0.828. The zero-order valence-electron chi connectivity index (χ0n) is 11.4. The minimum atomic E-state index is -0.486. The van der Waals surface area contributed by atoms with Gasteiger partial charge in [0.05, 0.1) is 24.7 Å². The molecule has 0 aliphatic heterocycles. The van der Waals surface area contributed by atoms with Crippen molar-refractivity contribution in [1.29, 1.82) is 0 Å². The number of aromatic nitrogens is 3. The number of hydrogen-bond acceptors (Lipinski definition) is 5. The van der Waals surface area contributed by atoms with Crippen LogP contribution in [0.1, 0.15) is 27.3 Å². The van der Waals surface area contributed by atoms with E-state index in [1.807, 2.05) is 20.8 Å². The molecule has 0 unspecified atom stereocenters. The van der Waals surface area contributed by atoms with Crippen LogP contribution in [0.4, 0.5) is 5.69 Å². The Balaban J connectivity index is 2.68. The predicted octanol–water partition coefficient (Wildman–Crippen LogP) is 1.56. The van der Waals surface area contributed by atoms with Crippen molar-refractivity contribution >= 4 is 11.7 Å². The van der Waals surface area contributed by atoms with E-state index < -0.39 is 5.97 Å². The molecule has 0 aliphatic carbocycles. The number of nitrogens with zero attached hydrogens (tertiary/aromatic N) is 3. The van der Waals surface area contributed by atoms with Crippen LogP contribution in [0.25, 0.3) is 5.82 Å². The fourth-order valence-corrected chi connectivity index (χ4v) is 1.83. The lowest BCUT2D eigenvalue weighted by Gasteiger charge is -2.09. The average Bonchev–Trinajstić information content (AvgIpc) is 2.65. The maximum atomic E-state index is 11.8. The molecule has 0 saturated carbocycles. The van der Waals surface area contributed by atoms with Crippen molar-refractivity contribution in [3.8, 4) is 5.82 Å². The molecule has 6 heteroatoms. The molecule has 100 valence electrons. The van der Waals surface area contributed by atoms with Gasteiger partial charge in [0.15, 0.2) is 5.82 Å². The lowest BCUT2D eigenvalue weighted by molar-refractivity contribution is 0.0600. The first-order chi connectivity index (χ1) is 8.95.